The molecular weight excluding hydrogens is 356 g/mol. The van der Waals surface area contributed by atoms with E-state index >= 15 is 0 Å². The smallest absolute Gasteiger partial charge is 0.258 e. The van der Waals surface area contributed by atoms with E-state index < -0.39 is 0 Å². The lowest BCUT2D eigenvalue weighted by Crippen LogP contribution is -2.47. The van der Waals surface area contributed by atoms with E-state index in [4.69, 9.17) is 14.2 Å². The summed E-state index contributed by atoms with van der Waals surface area (Å²) in [4.78, 5) is 14.5. The topological polar surface area (TPSA) is 60.0 Å². The van der Waals surface area contributed by atoms with Gasteiger partial charge in [0.25, 0.3) is 5.91 Å². The zero-order valence-corrected chi connectivity index (χ0v) is 16.3. The first-order valence-corrected chi connectivity index (χ1v) is 9.74. The summed E-state index contributed by atoms with van der Waals surface area (Å²) in [6.07, 6.45) is -0.0166. The average Bonchev–Trinajstić information content (AvgIpc) is 2.73. The van der Waals surface area contributed by atoms with Crippen LogP contribution in [0.4, 0.5) is 0 Å². The number of nitrogens with zero attached hydrogens (tertiary/aromatic N) is 1. The van der Waals surface area contributed by atoms with Gasteiger partial charge in [-0.2, -0.15) is 0 Å². The standard InChI is InChI=1S/C22H28N2O4/c1-2-26-20-10-6-7-11-21(20)28-17-22(25)23-14-19-16-24(12-13-27-19)15-18-8-4-3-5-9-18/h3-11,19H,2,12-17H2,1H3,(H,23,25). The van der Waals surface area contributed by atoms with E-state index in [1.54, 1.807) is 6.07 Å². The molecule has 1 heterocycles. The quantitative estimate of drug-likeness (QED) is 0.720. The molecule has 0 radical (unpaired) electrons. The molecule has 2 aromatic carbocycles. The van der Waals surface area contributed by atoms with Gasteiger partial charge in [0.2, 0.25) is 0 Å². The fourth-order valence-corrected chi connectivity index (χ4v) is 3.16. The zero-order chi connectivity index (χ0) is 19.6. The van der Waals surface area contributed by atoms with Crippen LogP contribution >= 0.6 is 0 Å². The van der Waals surface area contributed by atoms with Crippen LogP contribution in [0.15, 0.2) is 54.6 Å². The van der Waals surface area contributed by atoms with Gasteiger partial charge in [0, 0.05) is 26.2 Å². The third-order valence-electron chi connectivity index (χ3n) is 4.51. The Bertz CT molecular complexity index is 738. The van der Waals surface area contributed by atoms with Crippen molar-refractivity contribution in [1.29, 1.82) is 0 Å². The van der Waals surface area contributed by atoms with Crippen LogP contribution in [-0.2, 0) is 16.1 Å². The third kappa shape index (κ3) is 6.25. The van der Waals surface area contributed by atoms with Crippen molar-refractivity contribution in [1.82, 2.24) is 10.2 Å². The van der Waals surface area contributed by atoms with Gasteiger partial charge in [-0.1, -0.05) is 42.5 Å². The Kier molecular flexibility index (Phi) is 7.70. The number of para-hydroxylation sites is 2. The fraction of sp³-hybridized carbons (Fsp3) is 0.409. The van der Waals surface area contributed by atoms with Crippen LogP contribution in [0, 0.1) is 0 Å². The van der Waals surface area contributed by atoms with Crippen molar-refractivity contribution in [3.05, 3.63) is 60.2 Å². The second kappa shape index (κ2) is 10.7. The Labute approximate surface area is 166 Å². The molecule has 2 aromatic rings. The van der Waals surface area contributed by atoms with Crippen molar-refractivity contribution in [3.8, 4) is 11.5 Å². The predicted octanol–water partition coefficient (Wildman–Crippen LogP) is 2.48. The Morgan fingerprint density at radius 3 is 2.57 bits per heavy atom. The fourth-order valence-electron chi connectivity index (χ4n) is 3.16. The molecule has 1 fully saturated rings. The number of rotatable bonds is 9. The number of benzene rings is 2. The number of hydrogen-bond acceptors (Lipinski definition) is 5. The van der Waals surface area contributed by atoms with Gasteiger partial charge in [0.05, 0.1) is 19.3 Å². The Balaban J connectivity index is 1.40. The largest absolute Gasteiger partial charge is 0.490 e. The van der Waals surface area contributed by atoms with Gasteiger partial charge >= 0.3 is 0 Å². The molecule has 0 saturated carbocycles. The molecule has 0 aliphatic carbocycles. The minimum atomic E-state index is -0.171. The minimum Gasteiger partial charge on any atom is -0.490 e. The average molecular weight is 384 g/mol. The van der Waals surface area contributed by atoms with E-state index in [1.165, 1.54) is 5.56 Å². The molecule has 1 N–H and O–H groups in total. The molecule has 0 spiro atoms. The molecular formula is C22H28N2O4. The first-order valence-electron chi connectivity index (χ1n) is 9.74. The molecule has 0 bridgehead atoms. The Morgan fingerprint density at radius 2 is 1.82 bits per heavy atom. The maximum absolute atomic E-state index is 12.2. The third-order valence-corrected chi connectivity index (χ3v) is 4.51. The second-order valence-electron chi connectivity index (χ2n) is 6.69. The monoisotopic (exact) mass is 384 g/mol. The molecule has 28 heavy (non-hydrogen) atoms. The summed E-state index contributed by atoms with van der Waals surface area (Å²) in [6.45, 7) is 6.14. The van der Waals surface area contributed by atoms with Crippen molar-refractivity contribution >= 4 is 5.91 Å². The number of amides is 1. The summed E-state index contributed by atoms with van der Waals surface area (Å²) in [5.41, 5.74) is 1.29. The van der Waals surface area contributed by atoms with Crippen molar-refractivity contribution in [2.75, 3.05) is 39.5 Å². The molecule has 0 aromatic heterocycles. The van der Waals surface area contributed by atoms with Crippen LogP contribution < -0.4 is 14.8 Å². The molecule has 1 saturated heterocycles. The van der Waals surface area contributed by atoms with Crippen LogP contribution in [0.1, 0.15) is 12.5 Å². The van der Waals surface area contributed by atoms with E-state index in [2.05, 4.69) is 34.5 Å². The van der Waals surface area contributed by atoms with Crippen LogP contribution in [-0.4, -0.2) is 56.4 Å². The van der Waals surface area contributed by atoms with Gasteiger partial charge in [-0.25, -0.2) is 0 Å². The molecule has 6 heteroatoms. The van der Waals surface area contributed by atoms with E-state index in [-0.39, 0.29) is 18.6 Å². The number of morpholine rings is 1. The van der Waals surface area contributed by atoms with Gasteiger partial charge < -0.3 is 19.5 Å². The number of carbonyl (C=O) groups excluding carboxylic acids is 1. The molecule has 1 atom stereocenters. The zero-order valence-electron chi connectivity index (χ0n) is 16.3. The van der Waals surface area contributed by atoms with Crippen molar-refractivity contribution in [3.63, 3.8) is 0 Å². The summed E-state index contributed by atoms with van der Waals surface area (Å²) >= 11 is 0. The molecule has 150 valence electrons. The van der Waals surface area contributed by atoms with E-state index in [9.17, 15) is 4.79 Å². The highest BCUT2D eigenvalue weighted by atomic mass is 16.5. The number of ether oxygens (including phenoxy) is 3. The van der Waals surface area contributed by atoms with Crippen LogP contribution in [0.2, 0.25) is 0 Å². The molecule has 1 amide bonds. The summed E-state index contributed by atoms with van der Waals surface area (Å²) in [6, 6.07) is 17.7. The molecule has 1 aliphatic rings. The van der Waals surface area contributed by atoms with Gasteiger partial charge in [0.1, 0.15) is 0 Å². The summed E-state index contributed by atoms with van der Waals surface area (Å²) in [7, 11) is 0. The maximum atomic E-state index is 12.2. The van der Waals surface area contributed by atoms with Crippen LogP contribution in [0.5, 0.6) is 11.5 Å². The van der Waals surface area contributed by atoms with E-state index in [0.717, 1.165) is 19.6 Å². The first-order chi connectivity index (χ1) is 13.7. The van der Waals surface area contributed by atoms with Gasteiger partial charge in [-0.15, -0.1) is 0 Å². The molecule has 1 aliphatic heterocycles. The number of hydrogen-bond donors (Lipinski definition) is 1. The summed E-state index contributed by atoms with van der Waals surface area (Å²) in [5.74, 6) is 1.04. The number of carbonyl (C=O) groups is 1. The predicted molar refractivity (Wildman–Crippen MR) is 108 cm³/mol. The van der Waals surface area contributed by atoms with Crippen molar-refractivity contribution < 1.29 is 19.0 Å². The maximum Gasteiger partial charge on any atom is 0.258 e. The summed E-state index contributed by atoms with van der Waals surface area (Å²) < 4.78 is 16.9. The van der Waals surface area contributed by atoms with Crippen LogP contribution in [0.3, 0.4) is 0 Å². The van der Waals surface area contributed by atoms with Crippen molar-refractivity contribution in [2.45, 2.75) is 19.6 Å². The second-order valence-corrected chi connectivity index (χ2v) is 6.69. The highest BCUT2D eigenvalue weighted by molar-refractivity contribution is 5.77. The SMILES string of the molecule is CCOc1ccccc1OCC(=O)NCC1CN(Cc2ccccc2)CCO1. The normalized spacial score (nSPS) is 17.1. The first kappa shape index (κ1) is 20.2. The lowest BCUT2D eigenvalue weighted by Gasteiger charge is -2.33. The number of nitrogens with one attached hydrogen (secondary N) is 1. The van der Waals surface area contributed by atoms with Gasteiger partial charge in [0.15, 0.2) is 18.1 Å². The van der Waals surface area contributed by atoms with Crippen LogP contribution in [0.25, 0.3) is 0 Å². The van der Waals surface area contributed by atoms with E-state index in [1.807, 2.05) is 31.2 Å². The highest BCUT2D eigenvalue weighted by Crippen LogP contribution is 2.26. The Morgan fingerprint density at radius 1 is 1.11 bits per heavy atom. The molecule has 1 unspecified atom stereocenters. The summed E-state index contributed by atoms with van der Waals surface area (Å²) in [5, 5.41) is 2.90. The Hall–Kier alpha value is -2.57. The lowest BCUT2D eigenvalue weighted by atomic mass is 10.2. The highest BCUT2D eigenvalue weighted by Gasteiger charge is 2.21. The molecule has 6 nitrogen and oxygen atoms in total. The minimum absolute atomic E-state index is 0.0166. The molecule has 3 rings (SSSR count). The van der Waals surface area contributed by atoms with E-state index in [0.29, 0.717) is 31.3 Å². The van der Waals surface area contributed by atoms with Crippen molar-refractivity contribution in [2.24, 2.45) is 0 Å². The lowest BCUT2D eigenvalue weighted by molar-refractivity contribution is -0.124. The van der Waals surface area contributed by atoms with Gasteiger partial charge in [-0.3, -0.25) is 9.69 Å². The van der Waals surface area contributed by atoms with Gasteiger partial charge in [-0.05, 0) is 24.6 Å².